The highest BCUT2D eigenvalue weighted by Crippen LogP contribution is 2.30. The minimum absolute atomic E-state index is 0.0785. The number of ketones is 1. The SMILES string of the molecule is CC(C)C(CC(=O)O)C(=O)c1ccc2c(c1)OCC(=O)N2. The first-order chi connectivity index (χ1) is 9.88. The van der Waals surface area contributed by atoms with Gasteiger partial charge >= 0.3 is 5.97 Å². The maximum atomic E-state index is 12.5. The summed E-state index contributed by atoms with van der Waals surface area (Å²) in [5.41, 5.74) is 0.909. The number of ether oxygens (including phenoxy) is 1. The molecule has 2 rings (SSSR count). The van der Waals surface area contributed by atoms with Gasteiger partial charge in [-0.1, -0.05) is 13.8 Å². The Bertz CT molecular complexity index is 594. The van der Waals surface area contributed by atoms with E-state index in [1.165, 1.54) is 0 Å². The molecule has 21 heavy (non-hydrogen) atoms. The number of anilines is 1. The number of benzene rings is 1. The number of aliphatic carboxylic acids is 1. The van der Waals surface area contributed by atoms with Gasteiger partial charge in [0.05, 0.1) is 12.1 Å². The molecule has 0 radical (unpaired) electrons. The minimum atomic E-state index is -0.997. The average molecular weight is 291 g/mol. The smallest absolute Gasteiger partial charge is 0.304 e. The van der Waals surface area contributed by atoms with Gasteiger partial charge in [-0.05, 0) is 24.1 Å². The quantitative estimate of drug-likeness (QED) is 0.809. The summed E-state index contributed by atoms with van der Waals surface area (Å²) in [7, 11) is 0. The number of carbonyl (C=O) groups is 3. The lowest BCUT2D eigenvalue weighted by molar-refractivity contribution is -0.138. The zero-order valence-corrected chi connectivity index (χ0v) is 11.9. The summed E-state index contributed by atoms with van der Waals surface area (Å²) >= 11 is 0. The lowest BCUT2D eigenvalue weighted by Crippen LogP contribution is -2.26. The lowest BCUT2D eigenvalue weighted by Gasteiger charge is -2.21. The molecule has 0 fully saturated rings. The van der Waals surface area contributed by atoms with Crippen LogP contribution in [0, 0.1) is 11.8 Å². The molecule has 0 aromatic heterocycles. The molecule has 112 valence electrons. The summed E-state index contributed by atoms with van der Waals surface area (Å²) in [5.74, 6) is -1.70. The Morgan fingerprint density at radius 1 is 1.38 bits per heavy atom. The van der Waals surface area contributed by atoms with E-state index in [4.69, 9.17) is 9.84 Å². The number of amides is 1. The van der Waals surface area contributed by atoms with Gasteiger partial charge in [0, 0.05) is 11.5 Å². The first-order valence-electron chi connectivity index (χ1n) is 6.71. The van der Waals surface area contributed by atoms with Crippen LogP contribution in [-0.2, 0) is 9.59 Å². The van der Waals surface area contributed by atoms with Gasteiger partial charge < -0.3 is 15.2 Å². The second-order valence-electron chi connectivity index (χ2n) is 5.36. The van der Waals surface area contributed by atoms with Crippen LogP contribution in [0.15, 0.2) is 18.2 Å². The first kappa shape index (κ1) is 15.0. The summed E-state index contributed by atoms with van der Waals surface area (Å²) in [6, 6.07) is 4.72. The molecule has 1 aromatic carbocycles. The molecule has 1 atom stereocenters. The van der Waals surface area contributed by atoms with E-state index < -0.39 is 11.9 Å². The number of carboxylic acids is 1. The topological polar surface area (TPSA) is 92.7 Å². The maximum Gasteiger partial charge on any atom is 0.304 e. The Balaban J connectivity index is 2.26. The number of Topliss-reactive ketones (excluding diaryl/α,β-unsaturated/α-hetero) is 1. The summed E-state index contributed by atoms with van der Waals surface area (Å²) in [6.07, 6.45) is -0.203. The third-order valence-corrected chi connectivity index (χ3v) is 3.44. The highest BCUT2D eigenvalue weighted by Gasteiger charge is 2.27. The molecule has 1 aliphatic rings. The fourth-order valence-electron chi connectivity index (χ4n) is 2.26. The van der Waals surface area contributed by atoms with Crippen molar-refractivity contribution >= 4 is 23.3 Å². The molecule has 0 bridgehead atoms. The fraction of sp³-hybridized carbons (Fsp3) is 0.400. The second-order valence-corrected chi connectivity index (χ2v) is 5.36. The standard InChI is InChI=1S/C15H17NO5/c1-8(2)10(6-14(18)19)15(20)9-3-4-11-12(5-9)21-7-13(17)16-11/h3-5,8,10H,6-7H2,1-2H3,(H,16,17)(H,18,19). The molecular weight excluding hydrogens is 274 g/mol. The van der Waals surface area contributed by atoms with E-state index in [2.05, 4.69) is 5.32 Å². The maximum absolute atomic E-state index is 12.5. The number of carbonyl (C=O) groups excluding carboxylic acids is 2. The zero-order valence-electron chi connectivity index (χ0n) is 11.9. The molecule has 6 nitrogen and oxygen atoms in total. The minimum Gasteiger partial charge on any atom is -0.482 e. The van der Waals surface area contributed by atoms with Crippen molar-refractivity contribution in [3.05, 3.63) is 23.8 Å². The summed E-state index contributed by atoms with van der Waals surface area (Å²) < 4.78 is 5.27. The number of rotatable bonds is 5. The molecule has 0 saturated heterocycles. The van der Waals surface area contributed by atoms with E-state index >= 15 is 0 Å². The van der Waals surface area contributed by atoms with Crippen LogP contribution in [0.1, 0.15) is 30.6 Å². The van der Waals surface area contributed by atoms with Crippen LogP contribution >= 0.6 is 0 Å². The molecule has 1 aromatic rings. The van der Waals surface area contributed by atoms with Crippen molar-refractivity contribution in [2.24, 2.45) is 11.8 Å². The summed E-state index contributed by atoms with van der Waals surface area (Å²) in [5, 5.41) is 11.6. The van der Waals surface area contributed by atoms with Gasteiger partial charge in [-0.25, -0.2) is 0 Å². The highest BCUT2D eigenvalue weighted by molar-refractivity contribution is 6.02. The van der Waals surface area contributed by atoms with Crippen LogP contribution in [0.3, 0.4) is 0 Å². The molecule has 1 unspecified atom stereocenters. The van der Waals surface area contributed by atoms with Gasteiger partial charge in [0.25, 0.3) is 5.91 Å². The monoisotopic (exact) mass is 291 g/mol. The normalized spacial score (nSPS) is 14.9. The van der Waals surface area contributed by atoms with E-state index in [1.54, 1.807) is 18.2 Å². The van der Waals surface area contributed by atoms with Gasteiger partial charge in [0.15, 0.2) is 12.4 Å². The third-order valence-electron chi connectivity index (χ3n) is 3.44. The van der Waals surface area contributed by atoms with Crippen LogP contribution in [0.4, 0.5) is 5.69 Å². The number of hydrogen-bond donors (Lipinski definition) is 2. The largest absolute Gasteiger partial charge is 0.482 e. The number of nitrogens with one attached hydrogen (secondary N) is 1. The Morgan fingerprint density at radius 3 is 2.71 bits per heavy atom. The lowest BCUT2D eigenvalue weighted by atomic mass is 9.85. The molecule has 0 spiro atoms. The van der Waals surface area contributed by atoms with Crippen LogP contribution in [0.25, 0.3) is 0 Å². The predicted octanol–water partition coefficient (Wildman–Crippen LogP) is 1.95. The highest BCUT2D eigenvalue weighted by atomic mass is 16.5. The molecule has 0 saturated carbocycles. The van der Waals surface area contributed by atoms with Crippen molar-refractivity contribution in [3.63, 3.8) is 0 Å². The van der Waals surface area contributed by atoms with Crippen molar-refractivity contribution in [2.75, 3.05) is 11.9 Å². The van der Waals surface area contributed by atoms with E-state index in [0.717, 1.165) is 0 Å². The van der Waals surface area contributed by atoms with Crippen molar-refractivity contribution in [2.45, 2.75) is 20.3 Å². The Hall–Kier alpha value is -2.37. The zero-order chi connectivity index (χ0) is 15.6. The Kier molecular flexibility index (Phi) is 4.26. The molecule has 1 amide bonds. The van der Waals surface area contributed by atoms with Gasteiger partial charge in [-0.15, -0.1) is 0 Å². The van der Waals surface area contributed by atoms with E-state index in [-0.39, 0.29) is 30.6 Å². The van der Waals surface area contributed by atoms with E-state index in [1.807, 2.05) is 13.8 Å². The van der Waals surface area contributed by atoms with Crippen LogP contribution in [0.2, 0.25) is 0 Å². The summed E-state index contributed by atoms with van der Waals surface area (Å²) in [6.45, 7) is 3.55. The van der Waals surface area contributed by atoms with Crippen molar-refractivity contribution < 1.29 is 24.2 Å². The number of hydrogen-bond acceptors (Lipinski definition) is 4. The molecule has 0 aliphatic carbocycles. The van der Waals surface area contributed by atoms with Gasteiger partial charge in [0.1, 0.15) is 5.75 Å². The van der Waals surface area contributed by atoms with Crippen LogP contribution in [-0.4, -0.2) is 29.4 Å². The fourth-order valence-corrected chi connectivity index (χ4v) is 2.26. The Morgan fingerprint density at radius 2 is 2.10 bits per heavy atom. The third kappa shape index (κ3) is 3.39. The van der Waals surface area contributed by atoms with Gasteiger partial charge in [-0.3, -0.25) is 14.4 Å². The van der Waals surface area contributed by atoms with E-state index in [9.17, 15) is 14.4 Å². The molecule has 2 N–H and O–H groups in total. The average Bonchev–Trinajstić information content (AvgIpc) is 2.43. The van der Waals surface area contributed by atoms with Gasteiger partial charge in [0.2, 0.25) is 0 Å². The first-order valence-corrected chi connectivity index (χ1v) is 6.71. The van der Waals surface area contributed by atoms with E-state index in [0.29, 0.717) is 17.0 Å². The van der Waals surface area contributed by atoms with Crippen LogP contribution in [0.5, 0.6) is 5.75 Å². The van der Waals surface area contributed by atoms with Gasteiger partial charge in [-0.2, -0.15) is 0 Å². The number of fused-ring (bicyclic) bond motifs is 1. The van der Waals surface area contributed by atoms with Crippen molar-refractivity contribution in [1.29, 1.82) is 0 Å². The van der Waals surface area contributed by atoms with Crippen molar-refractivity contribution in [1.82, 2.24) is 0 Å². The predicted molar refractivity (Wildman–Crippen MR) is 75.5 cm³/mol. The summed E-state index contributed by atoms with van der Waals surface area (Å²) in [4.78, 5) is 34.6. The molecular formula is C15H17NO5. The number of carboxylic acid groups (broad SMARTS) is 1. The van der Waals surface area contributed by atoms with Crippen LogP contribution < -0.4 is 10.1 Å². The molecule has 1 aliphatic heterocycles. The Labute approximate surface area is 122 Å². The van der Waals surface area contributed by atoms with Crippen molar-refractivity contribution in [3.8, 4) is 5.75 Å². The molecule has 6 heteroatoms. The second kappa shape index (κ2) is 5.95. The molecule has 1 heterocycles.